The van der Waals surface area contributed by atoms with Gasteiger partial charge in [-0.1, -0.05) is 12.8 Å². The first kappa shape index (κ1) is 26.7. The van der Waals surface area contributed by atoms with E-state index in [-0.39, 0.29) is 36.9 Å². The number of rotatable bonds is 7. The van der Waals surface area contributed by atoms with Crippen LogP contribution in [0.15, 0.2) is 18.3 Å². The summed E-state index contributed by atoms with van der Waals surface area (Å²) in [5.74, 6) is -4.01. The van der Waals surface area contributed by atoms with E-state index in [1.54, 1.807) is 17.4 Å². The van der Waals surface area contributed by atoms with Gasteiger partial charge in [-0.15, -0.1) is 0 Å². The van der Waals surface area contributed by atoms with Crippen LogP contribution in [-0.4, -0.2) is 81.9 Å². The SMILES string of the molecule is CN(C(=O)[C@@H](NC(=O)C(F)(F)F)C1CC1)[C@@H](CC1CC1)C(=O)N1C[C@@]2(C[C@H]1C#N)Oc1cccnc1NC2=O. The molecule has 4 amide bonds. The second-order valence-electron chi connectivity index (χ2n) is 10.6. The van der Waals surface area contributed by atoms with Crippen LogP contribution >= 0.6 is 0 Å². The number of carbonyl (C=O) groups excluding carboxylic acids is 4. The Hall–Kier alpha value is -3.89. The molecule has 4 aliphatic rings. The molecule has 1 spiro atoms. The summed E-state index contributed by atoms with van der Waals surface area (Å²) in [4.78, 5) is 58.3. The second kappa shape index (κ2) is 9.69. The molecular formula is C25H27F3N6O5. The Kier molecular flexibility index (Phi) is 6.64. The summed E-state index contributed by atoms with van der Waals surface area (Å²) in [7, 11) is 1.32. The van der Waals surface area contributed by atoms with E-state index in [1.165, 1.54) is 18.1 Å². The van der Waals surface area contributed by atoms with Crippen LogP contribution in [0.25, 0.3) is 0 Å². The first-order valence-electron chi connectivity index (χ1n) is 12.7. The number of carbonyl (C=O) groups is 4. The molecule has 2 saturated carbocycles. The monoisotopic (exact) mass is 548 g/mol. The molecule has 0 radical (unpaired) electrons. The molecule has 5 rings (SSSR count). The fourth-order valence-corrected chi connectivity index (χ4v) is 5.19. The van der Waals surface area contributed by atoms with Gasteiger partial charge in [0, 0.05) is 19.7 Å². The maximum Gasteiger partial charge on any atom is 0.471 e. The third-order valence-corrected chi connectivity index (χ3v) is 7.74. The van der Waals surface area contributed by atoms with Crippen LogP contribution in [0.3, 0.4) is 0 Å². The Bertz CT molecular complexity index is 1240. The van der Waals surface area contributed by atoms with Gasteiger partial charge in [0.15, 0.2) is 11.6 Å². The number of nitrogens with zero attached hydrogens (tertiary/aromatic N) is 4. The van der Waals surface area contributed by atoms with Crippen molar-refractivity contribution >= 4 is 29.4 Å². The number of likely N-dealkylation sites (tertiary alicyclic amines) is 1. The smallest absolute Gasteiger partial charge is 0.471 e. The molecule has 1 saturated heterocycles. The van der Waals surface area contributed by atoms with E-state index in [0.717, 1.165) is 17.7 Å². The van der Waals surface area contributed by atoms with Crippen LogP contribution < -0.4 is 15.4 Å². The number of likely N-dealkylation sites (N-methyl/N-ethyl adjacent to an activating group) is 1. The van der Waals surface area contributed by atoms with E-state index in [1.807, 2.05) is 6.07 Å². The van der Waals surface area contributed by atoms with Crippen molar-refractivity contribution in [2.24, 2.45) is 11.8 Å². The lowest BCUT2D eigenvalue weighted by Crippen LogP contribution is -2.58. The molecule has 3 fully saturated rings. The first-order valence-corrected chi connectivity index (χ1v) is 12.7. The minimum atomic E-state index is -5.16. The number of alkyl halides is 3. The summed E-state index contributed by atoms with van der Waals surface area (Å²) in [6, 6.07) is 1.69. The number of hydrogen-bond donors (Lipinski definition) is 2. The fraction of sp³-hybridized carbons (Fsp3) is 0.600. The third kappa shape index (κ3) is 5.22. The van der Waals surface area contributed by atoms with Crippen molar-refractivity contribution in [3.63, 3.8) is 0 Å². The number of pyridine rings is 1. The summed E-state index contributed by atoms with van der Waals surface area (Å²) < 4.78 is 44.8. The third-order valence-electron chi connectivity index (χ3n) is 7.74. The first-order chi connectivity index (χ1) is 18.4. The van der Waals surface area contributed by atoms with E-state index in [4.69, 9.17) is 4.74 Å². The van der Waals surface area contributed by atoms with Crippen LogP contribution in [0.4, 0.5) is 19.0 Å². The van der Waals surface area contributed by atoms with Crippen molar-refractivity contribution in [3.8, 4) is 11.8 Å². The summed E-state index contributed by atoms with van der Waals surface area (Å²) in [5, 5.41) is 14.3. The topological polar surface area (TPSA) is 145 Å². The Morgan fingerprint density at radius 2 is 2.05 bits per heavy atom. The lowest BCUT2D eigenvalue weighted by Gasteiger charge is -2.35. The molecule has 0 bridgehead atoms. The molecule has 1 aromatic rings. The summed E-state index contributed by atoms with van der Waals surface area (Å²) >= 11 is 0. The quantitative estimate of drug-likeness (QED) is 0.524. The molecule has 14 heteroatoms. The van der Waals surface area contributed by atoms with E-state index < -0.39 is 59.4 Å². The molecule has 3 heterocycles. The number of ether oxygens (including phenoxy) is 1. The van der Waals surface area contributed by atoms with Gasteiger partial charge in [-0.3, -0.25) is 19.2 Å². The van der Waals surface area contributed by atoms with Gasteiger partial charge in [0.1, 0.15) is 18.1 Å². The molecule has 2 aliphatic heterocycles. The Labute approximate surface area is 221 Å². The van der Waals surface area contributed by atoms with E-state index in [0.29, 0.717) is 12.8 Å². The van der Waals surface area contributed by atoms with Gasteiger partial charge in [0.05, 0.1) is 12.6 Å². The zero-order valence-corrected chi connectivity index (χ0v) is 21.0. The Morgan fingerprint density at radius 1 is 1.33 bits per heavy atom. The molecule has 39 heavy (non-hydrogen) atoms. The molecule has 0 aromatic carbocycles. The van der Waals surface area contributed by atoms with Gasteiger partial charge in [0.2, 0.25) is 17.4 Å². The number of hydrogen-bond acceptors (Lipinski definition) is 7. The van der Waals surface area contributed by atoms with Gasteiger partial charge in [-0.05, 0) is 43.2 Å². The van der Waals surface area contributed by atoms with Crippen LogP contribution in [0.5, 0.6) is 5.75 Å². The highest BCUT2D eigenvalue weighted by Gasteiger charge is 2.57. The second-order valence-corrected chi connectivity index (χ2v) is 10.6. The van der Waals surface area contributed by atoms with Gasteiger partial charge >= 0.3 is 12.1 Å². The average molecular weight is 549 g/mol. The molecule has 208 valence electrons. The number of nitrogens with one attached hydrogen (secondary N) is 2. The van der Waals surface area contributed by atoms with Crippen molar-refractivity contribution < 1.29 is 37.1 Å². The number of nitriles is 1. The Morgan fingerprint density at radius 3 is 2.67 bits per heavy atom. The summed E-state index contributed by atoms with van der Waals surface area (Å²) in [5.41, 5.74) is -1.55. The fourth-order valence-electron chi connectivity index (χ4n) is 5.19. The van der Waals surface area contributed by atoms with Crippen molar-refractivity contribution in [1.29, 1.82) is 5.26 Å². The minimum absolute atomic E-state index is 0.116. The number of halogens is 3. The lowest BCUT2D eigenvalue weighted by molar-refractivity contribution is -0.175. The molecule has 2 aliphatic carbocycles. The Balaban J connectivity index is 1.38. The van der Waals surface area contributed by atoms with Crippen molar-refractivity contribution in [1.82, 2.24) is 20.1 Å². The molecule has 0 unspecified atom stereocenters. The van der Waals surface area contributed by atoms with Gasteiger partial charge in [0.25, 0.3) is 5.91 Å². The highest BCUT2D eigenvalue weighted by Crippen LogP contribution is 2.41. The van der Waals surface area contributed by atoms with Crippen LogP contribution in [-0.2, 0) is 19.2 Å². The minimum Gasteiger partial charge on any atom is -0.472 e. The van der Waals surface area contributed by atoms with E-state index >= 15 is 0 Å². The van der Waals surface area contributed by atoms with Crippen molar-refractivity contribution in [3.05, 3.63) is 18.3 Å². The number of anilines is 1. The summed E-state index contributed by atoms with van der Waals surface area (Å²) in [6.45, 7) is -0.260. The van der Waals surface area contributed by atoms with E-state index in [9.17, 15) is 37.6 Å². The van der Waals surface area contributed by atoms with E-state index in [2.05, 4.69) is 10.3 Å². The van der Waals surface area contributed by atoms with Crippen molar-refractivity contribution in [2.45, 2.75) is 68.4 Å². The summed E-state index contributed by atoms with van der Waals surface area (Å²) in [6.07, 6.45) is -0.969. The van der Waals surface area contributed by atoms with Crippen LogP contribution in [0.1, 0.15) is 38.5 Å². The molecule has 2 N–H and O–H groups in total. The normalized spacial score (nSPS) is 25.6. The van der Waals surface area contributed by atoms with Gasteiger partial charge in [-0.2, -0.15) is 18.4 Å². The predicted octanol–water partition coefficient (Wildman–Crippen LogP) is 1.36. The molecule has 4 atom stereocenters. The number of aromatic nitrogens is 1. The molecular weight excluding hydrogens is 521 g/mol. The maximum absolute atomic E-state index is 13.9. The largest absolute Gasteiger partial charge is 0.472 e. The zero-order valence-electron chi connectivity index (χ0n) is 21.0. The predicted molar refractivity (Wildman–Crippen MR) is 127 cm³/mol. The maximum atomic E-state index is 13.9. The molecule has 11 nitrogen and oxygen atoms in total. The lowest BCUT2D eigenvalue weighted by atomic mass is 9.97. The van der Waals surface area contributed by atoms with Crippen LogP contribution in [0.2, 0.25) is 0 Å². The van der Waals surface area contributed by atoms with Gasteiger partial charge < -0.3 is 25.2 Å². The number of amides is 4. The van der Waals surface area contributed by atoms with Gasteiger partial charge in [-0.25, -0.2) is 4.98 Å². The standard InChI is InChI=1S/C25H27F3N6O5/c1-33(21(36)18(14-6-7-14)31-23(38)25(26,27)28)16(9-13-4-5-13)20(35)34-12-24(10-15(34)11-29)22(37)32-19-17(39-24)3-2-8-30-19/h2-3,8,13-16,18H,4-7,9-10,12H2,1H3,(H,31,38)(H,30,32,37)/t15-,16-,18-,24+/m0/s1. The van der Waals surface area contributed by atoms with Crippen LogP contribution in [0, 0.1) is 23.2 Å². The van der Waals surface area contributed by atoms with Crippen molar-refractivity contribution in [2.75, 3.05) is 18.9 Å². The average Bonchev–Trinajstić information content (AvgIpc) is 3.83. The highest BCUT2D eigenvalue weighted by molar-refractivity contribution is 6.01. The molecule has 1 aromatic heterocycles. The highest BCUT2D eigenvalue weighted by atomic mass is 19.4. The zero-order chi connectivity index (χ0) is 28.1. The number of fused-ring (bicyclic) bond motifs is 1.